The molecule has 0 unspecified atom stereocenters. The van der Waals surface area contributed by atoms with E-state index < -0.39 is 6.10 Å². The molecule has 8 nitrogen and oxygen atoms in total. The maximum atomic E-state index is 10.8. The fraction of sp³-hybridized carbons (Fsp3) is 0.536. The predicted molar refractivity (Wildman–Crippen MR) is 139 cm³/mol. The number of hydrogen-bond donors (Lipinski definition) is 1. The van der Waals surface area contributed by atoms with Crippen LogP contribution >= 0.6 is 0 Å². The minimum Gasteiger partial charge on any atom is -0.467 e. The van der Waals surface area contributed by atoms with E-state index in [2.05, 4.69) is 34.0 Å². The molecule has 0 saturated carbocycles. The van der Waals surface area contributed by atoms with Crippen LogP contribution in [0.2, 0.25) is 0 Å². The molecular weight excluding hydrogens is 458 g/mol. The lowest BCUT2D eigenvalue weighted by Gasteiger charge is -2.34. The second-order valence-corrected chi connectivity index (χ2v) is 9.55. The summed E-state index contributed by atoms with van der Waals surface area (Å²) in [6.45, 7) is 6.31. The Balaban J connectivity index is 1.52. The van der Waals surface area contributed by atoms with Gasteiger partial charge in [0.1, 0.15) is 18.1 Å². The van der Waals surface area contributed by atoms with E-state index in [1.165, 1.54) is 6.42 Å². The number of aromatic nitrogens is 1. The van der Waals surface area contributed by atoms with E-state index in [0.29, 0.717) is 32.3 Å². The lowest BCUT2D eigenvalue weighted by atomic mass is 10.0. The number of hydrogen-bond acceptors (Lipinski definition) is 8. The van der Waals surface area contributed by atoms with Gasteiger partial charge in [0.05, 0.1) is 24.5 Å². The average Bonchev–Trinajstić information content (AvgIpc) is 3.55. The molecule has 1 saturated heterocycles. The highest BCUT2D eigenvalue weighted by atomic mass is 16.5. The molecule has 0 bridgehead atoms. The fourth-order valence-electron chi connectivity index (χ4n) is 4.82. The van der Waals surface area contributed by atoms with Crippen molar-refractivity contribution in [3.8, 4) is 11.3 Å². The van der Waals surface area contributed by atoms with E-state index in [9.17, 15) is 5.11 Å². The molecular formula is C28H39N3O5. The number of nitrogens with zero attached hydrogens (tertiary/aromatic N) is 3. The molecule has 1 aliphatic heterocycles. The summed E-state index contributed by atoms with van der Waals surface area (Å²) in [7, 11) is 1.71. The van der Waals surface area contributed by atoms with Gasteiger partial charge in [-0.05, 0) is 44.7 Å². The lowest BCUT2D eigenvalue weighted by molar-refractivity contribution is 0.00282. The molecule has 8 heteroatoms. The molecule has 0 spiro atoms. The van der Waals surface area contributed by atoms with Gasteiger partial charge in [0.25, 0.3) is 0 Å². The molecule has 0 aliphatic carbocycles. The Morgan fingerprint density at radius 1 is 1.19 bits per heavy atom. The lowest BCUT2D eigenvalue weighted by Crippen LogP contribution is -2.39. The van der Waals surface area contributed by atoms with Crippen molar-refractivity contribution in [2.45, 2.75) is 57.9 Å². The summed E-state index contributed by atoms with van der Waals surface area (Å²) in [6.07, 6.45) is 5.37. The highest BCUT2D eigenvalue weighted by Gasteiger charge is 2.29. The zero-order chi connectivity index (χ0) is 25.2. The van der Waals surface area contributed by atoms with Gasteiger partial charge in [-0.25, -0.2) is 0 Å². The van der Waals surface area contributed by atoms with Crippen molar-refractivity contribution < 1.29 is 23.5 Å². The summed E-state index contributed by atoms with van der Waals surface area (Å²) in [5, 5.41) is 15.3. The number of methoxy groups -OCH3 is 1. The van der Waals surface area contributed by atoms with Gasteiger partial charge >= 0.3 is 0 Å². The molecule has 0 radical (unpaired) electrons. The van der Waals surface area contributed by atoms with Crippen LogP contribution in [0.3, 0.4) is 0 Å². The maximum absolute atomic E-state index is 10.8. The number of anilines is 1. The van der Waals surface area contributed by atoms with Gasteiger partial charge in [0.15, 0.2) is 0 Å². The summed E-state index contributed by atoms with van der Waals surface area (Å²) in [4.78, 5) is 4.60. The van der Waals surface area contributed by atoms with Crippen LogP contribution in [-0.4, -0.2) is 67.3 Å². The van der Waals surface area contributed by atoms with Crippen molar-refractivity contribution in [1.82, 2.24) is 10.1 Å². The second-order valence-electron chi connectivity index (χ2n) is 9.55. The first-order valence-corrected chi connectivity index (χ1v) is 13.0. The number of piperidine rings is 1. The first-order valence-electron chi connectivity index (χ1n) is 13.0. The molecule has 196 valence electrons. The molecule has 1 aromatic carbocycles. The standard InChI is InChI=1S/C28H39N3O5/c1-22-10-6-7-15-31(22)28-26(27(29-36-28)23-11-4-3-5-12-23)19-30(14-9-16-33-2)18-24(32)20-34-21-25-13-8-17-35-25/h3-5,8,11-13,17,22,24,32H,6-7,9-10,14-16,18-21H2,1-2H3/t22-,24-/m0/s1. The number of benzene rings is 1. The van der Waals surface area contributed by atoms with Crippen molar-refractivity contribution in [2.75, 3.05) is 44.9 Å². The van der Waals surface area contributed by atoms with Gasteiger partial charge in [-0.1, -0.05) is 35.5 Å². The minimum absolute atomic E-state index is 0.229. The number of rotatable bonds is 14. The third-order valence-electron chi connectivity index (χ3n) is 6.69. The van der Waals surface area contributed by atoms with Gasteiger partial charge in [-0.15, -0.1) is 0 Å². The van der Waals surface area contributed by atoms with Crippen LogP contribution in [0, 0.1) is 0 Å². The summed E-state index contributed by atoms with van der Waals surface area (Å²) in [5.41, 5.74) is 2.96. The molecule has 1 fully saturated rings. The molecule has 1 aliphatic rings. The molecule has 3 heterocycles. The highest BCUT2D eigenvalue weighted by Crippen LogP contribution is 2.35. The third kappa shape index (κ3) is 7.20. The second kappa shape index (κ2) is 13.6. The Kier molecular flexibility index (Phi) is 9.98. The van der Waals surface area contributed by atoms with Crippen molar-refractivity contribution in [2.24, 2.45) is 0 Å². The van der Waals surface area contributed by atoms with E-state index in [1.807, 2.05) is 30.3 Å². The smallest absolute Gasteiger partial charge is 0.232 e. The van der Waals surface area contributed by atoms with Crippen molar-refractivity contribution >= 4 is 5.88 Å². The minimum atomic E-state index is -0.639. The number of furan rings is 1. The van der Waals surface area contributed by atoms with E-state index in [0.717, 1.165) is 60.8 Å². The van der Waals surface area contributed by atoms with Crippen LogP contribution in [0.25, 0.3) is 11.3 Å². The summed E-state index contributed by atoms with van der Waals surface area (Å²) in [6, 6.07) is 14.3. The van der Waals surface area contributed by atoms with Gasteiger partial charge in [-0.3, -0.25) is 4.90 Å². The topological polar surface area (TPSA) is 84.3 Å². The van der Waals surface area contributed by atoms with E-state index in [1.54, 1.807) is 13.4 Å². The quantitative estimate of drug-likeness (QED) is 0.320. The van der Waals surface area contributed by atoms with Gasteiger partial charge in [0.2, 0.25) is 5.88 Å². The molecule has 0 amide bonds. The van der Waals surface area contributed by atoms with Crippen LogP contribution < -0.4 is 4.90 Å². The van der Waals surface area contributed by atoms with Crippen LogP contribution in [0.4, 0.5) is 5.88 Å². The monoisotopic (exact) mass is 497 g/mol. The largest absolute Gasteiger partial charge is 0.467 e. The summed E-state index contributed by atoms with van der Waals surface area (Å²) in [5.74, 6) is 1.60. The molecule has 2 atom stereocenters. The van der Waals surface area contributed by atoms with Gasteiger partial charge < -0.3 is 28.4 Å². The third-order valence-corrected chi connectivity index (χ3v) is 6.69. The van der Waals surface area contributed by atoms with E-state index in [-0.39, 0.29) is 6.61 Å². The highest BCUT2D eigenvalue weighted by molar-refractivity contribution is 5.68. The summed E-state index contributed by atoms with van der Waals surface area (Å²) >= 11 is 0. The predicted octanol–water partition coefficient (Wildman–Crippen LogP) is 4.73. The van der Waals surface area contributed by atoms with Crippen LogP contribution in [0.1, 0.15) is 43.9 Å². The molecule has 36 heavy (non-hydrogen) atoms. The average molecular weight is 498 g/mol. The normalized spacial score (nSPS) is 17.1. The Bertz CT molecular complexity index is 1010. The Morgan fingerprint density at radius 2 is 2.06 bits per heavy atom. The first kappa shape index (κ1) is 26.4. The Hall–Kier alpha value is -2.65. The molecule has 2 aromatic heterocycles. The Labute approximate surface area is 213 Å². The SMILES string of the molecule is COCCCN(Cc1c(-c2ccccc2)noc1N1CCCC[C@@H]1C)C[C@H](O)COCc1ccco1. The number of ether oxygens (including phenoxy) is 2. The number of aliphatic hydroxyl groups excluding tert-OH is 1. The van der Waals surface area contributed by atoms with E-state index in [4.69, 9.17) is 18.4 Å². The zero-order valence-corrected chi connectivity index (χ0v) is 21.5. The fourth-order valence-corrected chi connectivity index (χ4v) is 4.82. The van der Waals surface area contributed by atoms with Crippen molar-refractivity contribution in [3.63, 3.8) is 0 Å². The van der Waals surface area contributed by atoms with Crippen molar-refractivity contribution in [1.29, 1.82) is 0 Å². The molecule has 3 aromatic rings. The van der Waals surface area contributed by atoms with Crippen LogP contribution in [-0.2, 0) is 22.6 Å². The van der Waals surface area contributed by atoms with Crippen LogP contribution in [0.15, 0.2) is 57.7 Å². The maximum Gasteiger partial charge on any atom is 0.232 e. The Morgan fingerprint density at radius 3 is 2.81 bits per heavy atom. The summed E-state index contributed by atoms with van der Waals surface area (Å²) < 4.78 is 22.3. The molecule has 4 rings (SSSR count). The first-order chi connectivity index (χ1) is 17.7. The number of aliphatic hydroxyl groups is 1. The van der Waals surface area contributed by atoms with Crippen LogP contribution in [0.5, 0.6) is 0 Å². The zero-order valence-electron chi connectivity index (χ0n) is 21.5. The van der Waals surface area contributed by atoms with E-state index >= 15 is 0 Å². The van der Waals surface area contributed by atoms with Gasteiger partial charge in [0, 0.05) is 51.5 Å². The van der Waals surface area contributed by atoms with Crippen molar-refractivity contribution in [3.05, 3.63) is 60.1 Å². The molecule has 1 N–H and O–H groups in total. The van der Waals surface area contributed by atoms with Gasteiger partial charge in [-0.2, -0.15) is 0 Å².